The van der Waals surface area contributed by atoms with E-state index >= 15 is 0 Å². The van der Waals surface area contributed by atoms with Gasteiger partial charge in [-0.2, -0.15) is 0 Å². The molecule has 4 aliphatic carbocycles. The van der Waals surface area contributed by atoms with Crippen LogP contribution in [0.5, 0.6) is 0 Å². The Morgan fingerprint density at radius 2 is 2.05 bits per heavy atom. The average molecular weight is 321 g/mol. The number of allylic oxidation sites excluding steroid dienone is 3. The quantitative estimate of drug-likeness (QED) is 0.725. The number of aliphatic hydroxyl groups is 1. The van der Waals surface area contributed by atoms with Crippen LogP contribution in [0.15, 0.2) is 22.8 Å². The number of hydrogen-bond acceptors (Lipinski definition) is 2. The van der Waals surface area contributed by atoms with Crippen molar-refractivity contribution in [3.05, 3.63) is 22.8 Å². The third-order valence-corrected chi connectivity index (χ3v) is 7.55. The van der Waals surface area contributed by atoms with Crippen LogP contribution in [0.2, 0.25) is 0 Å². The van der Waals surface area contributed by atoms with Crippen molar-refractivity contribution in [1.82, 2.24) is 0 Å². The van der Waals surface area contributed by atoms with Gasteiger partial charge < -0.3 is 5.11 Å². The van der Waals surface area contributed by atoms with Gasteiger partial charge in [0.05, 0.1) is 6.10 Å². The number of carbonyl (C=O) groups excluding carboxylic acids is 1. The van der Waals surface area contributed by atoms with Gasteiger partial charge in [-0.05, 0) is 68.3 Å². The zero-order valence-corrected chi connectivity index (χ0v) is 14.0. The predicted molar refractivity (Wildman–Crippen MR) is 87.4 cm³/mol. The fourth-order valence-electron chi connectivity index (χ4n) is 5.98. The lowest BCUT2D eigenvalue weighted by Gasteiger charge is -2.57. The van der Waals surface area contributed by atoms with Crippen LogP contribution in [-0.4, -0.2) is 17.0 Å². The molecule has 3 heteroatoms. The zero-order valence-electron chi connectivity index (χ0n) is 13.2. The molecule has 0 radical (unpaired) electrons. The molecule has 0 bridgehead atoms. The molecule has 2 fully saturated rings. The van der Waals surface area contributed by atoms with E-state index in [2.05, 4.69) is 13.0 Å². The van der Waals surface area contributed by atoms with Gasteiger partial charge in [-0.25, -0.2) is 0 Å². The van der Waals surface area contributed by atoms with Crippen molar-refractivity contribution in [2.24, 2.45) is 29.1 Å². The van der Waals surface area contributed by atoms with Crippen molar-refractivity contribution < 1.29 is 9.90 Å². The first-order valence-electron chi connectivity index (χ1n) is 8.77. The Morgan fingerprint density at radius 1 is 1.23 bits per heavy atom. The Morgan fingerprint density at radius 3 is 2.86 bits per heavy atom. The molecule has 0 amide bonds. The van der Waals surface area contributed by atoms with E-state index in [-0.39, 0.29) is 5.41 Å². The minimum absolute atomic E-state index is 0.0568. The molecule has 4 aliphatic rings. The average Bonchev–Trinajstić information content (AvgIpc) is 2.51. The lowest BCUT2D eigenvalue weighted by atomic mass is 9.49. The largest absolute Gasteiger partial charge is 0.387 e. The van der Waals surface area contributed by atoms with Crippen LogP contribution < -0.4 is 0 Å². The van der Waals surface area contributed by atoms with Crippen LogP contribution in [0.25, 0.3) is 0 Å². The second-order valence-corrected chi connectivity index (χ2v) is 8.51. The Hall–Kier alpha value is -0.600. The smallest absolute Gasteiger partial charge is 0.155 e. The number of rotatable bonds is 0. The molecule has 4 rings (SSSR count). The summed E-state index contributed by atoms with van der Waals surface area (Å²) in [6.07, 6.45) is 10.8. The molecule has 22 heavy (non-hydrogen) atoms. The van der Waals surface area contributed by atoms with Crippen molar-refractivity contribution in [3.8, 4) is 0 Å². The predicted octanol–water partition coefficient (Wildman–Crippen LogP) is 4.22. The van der Waals surface area contributed by atoms with Gasteiger partial charge in [0.1, 0.15) is 0 Å². The molecule has 0 saturated heterocycles. The number of halogens is 1. The van der Waals surface area contributed by atoms with E-state index in [1.54, 1.807) is 0 Å². The molecule has 0 aliphatic heterocycles. The van der Waals surface area contributed by atoms with Crippen LogP contribution in [0.4, 0.5) is 0 Å². The maximum absolute atomic E-state index is 11.7. The fourth-order valence-corrected chi connectivity index (χ4v) is 6.32. The van der Waals surface area contributed by atoms with Gasteiger partial charge in [0, 0.05) is 16.9 Å². The van der Waals surface area contributed by atoms with Gasteiger partial charge >= 0.3 is 0 Å². The molecule has 0 spiro atoms. The molecule has 120 valence electrons. The van der Waals surface area contributed by atoms with Crippen molar-refractivity contribution in [2.75, 3.05) is 0 Å². The van der Waals surface area contributed by atoms with E-state index in [0.717, 1.165) is 32.1 Å². The van der Waals surface area contributed by atoms with Crippen molar-refractivity contribution in [1.29, 1.82) is 0 Å². The first-order valence-corrected chi connectivity index (χ1v) is 9.15. The summed E-state index contributed by atoms with van der Waals surface area (Å²) in [7, 11) is 0. The summed E-state index contributed by atoms with van der Waals surface area (Å²) in [6, 6.07) is 0. The van der Waals surface area contributed by atoms with Crippen molar-refractivity contribution in [2.45, 2.75) is 58.0 Å². The SMILES string of the molecule is C[C@]12CC[C@H]3[C@@H](CCC4=CC(=O)CC[C@@H]43)[C@@H]1CC=C(Cl)C2O. The molecular weight excluding hydrogens is 296 g/mol. The molecule has 1 unspecified atom stereocenters. The van der Waals surface area contributed by atoms with Gasteiger partial charge in [0.25, 0.3) is 0 Å². The van der Waals surface area contributed by atoms with Gasteiger partial charge in [-0.1, -0.05) is 30.2 Å². The Labute approximate surface area is 137 Å². The first-order chi connectivity index (χ1) is 10.5. The summed E-state index contributed by atoms with van der Waals surface area (Å²) in [6.45, 7) is 2.24. The minimum Gasteiger partial charge on any atom is -0.387 e. The van der Waals surface area contributed by atoms with Crippen molar-refractivity contribution in [3.63, 3.8) is 0 Å². The standard InChI is InChI=1S/C19H25ClO2/c1-19-9-8-14-13-5-3-12(21)10-11(13)2-4-15(14)16(19)6-7-17(20)18(19)22/h7,10,13-16,18,22H,2-6,8-9H2,1H3/t13-,14+,15+,16-,18?,19-/m0/s1. The minimum atomic E-state index is -0.487. The molecular formula is C19H25ClO2. The third-order valence-electron chi connectivity index (χ3n) is 7.19. The van der Waals surface area contributed by atoms with E-state index < -0.39 is 6.10 Å². The second kappa shape index (κ2) is 5.21. The van der Waals surface area contributed by atoms with E-state index in [1.807, 2.05) is 6.08 Å². The van der Waals surface area contributed by atoms with Gasteiger partial charge in [0.2, 0.25) is 0 Å². The van der Waals surface area contributed by atoms with E-state index in [1.165, 1.54) is 18.4 Å². The highest BCUT2D eigenvalue weighted by molar-refractivity contribution is 6.30. The third kappa shape index (κ3) is 2.06. The zero-order chi connectivity index (χ0) is 15.5. The van der Waals surface area contributed by atoms with Crippen molar-refractivity contribution >= 4 is 17.4 Å². The maximum atomic E-state index is 11.7. The summed E-state index contributed by atoms with van der Waals surface area (Å²) < 4.78 is 0. The van der Waals surface area contributed by atoms with Gasteiger partial charge in [0.15, 0.2) is 5.78 Å². The number of aliphatic hydroxyl groups excluding tert-OH is 1. The van der Waals surface area contributed by atoms with E-state index in [4.69, 9.17) is 11.6 Å². The molecule has 0 aromatic carbocycles. The first kappa shape index (κ1) is 15.0. The van der Waals surface area contributed by atoms with Crippen LogP contribution >= 0.6 is 11.6 Å². The molecule has 0 aromatic rings. The molecule has 0 aromatic heterocycles. The van der Waals surface area contributed by atoms with Gasteiger partial charge in [-0.15, -0.1) is 0 Å². The monoisotopic (exact) mass is 320 g/mol. The number of carbonyl (C=O) groups is 1. The van der Waals surface area contributed by atoms with Crippen LogP contribution in [0, 0.1) is 29.1 Å². The summed E-state index contributed by atoms with van der Waals surface area (Å²) in [5.41, 5.74) is 1.37. The summed E-state index contributed by atoms with van der Waals surface area (Å²) >= 11 is 6.24. The van der Waals surface area contributed by atoms with Crippen LogP contribution in [0.1, 0.15) is 51.9 Å². The molecule has 6 atom stereocenters. The molecule has 0 heterocycles. The van der Waals surface area contributed by atoms with E-state index in [9.17, 15) is 9.90 Å². The lowest BCUT2D eigenvalue weighted by Crippen LogP contribution is -2.52. The Kier molecular flexibility index (Phi) is 3.54. The van der Waals surface area contributed by atoms with Crippen LogP contribution in [-0.2, 0) is 4.79 Å². The second-order valence-electron chi connectivity index (χ2n) is 8.08. The van der Waals surface area contributed by atoms with E-state index in [0.29, 0.717) is 34.5 Å². The van der Waals surface area contributed by atoms with Crippen LogP contribution in [0.3, 0.4) is 0 Å². The Balaban J connectivity index is 1.65. The Bertz CT molecular complexity index is 564. The van der Waals surface area contributed by atoms with Gasteiger partial charge in [-0.3, -0.25) is 4.79 Å². The normalized spacial score (nSPS) is 47.8. The highest BCUT2D eigenvalue weighted by Crippen LogP contribution is 2.60. The summed E-state index contributed by atoms with van der Waals surface area (Å²) in [5, 5.41) is 11.3. The maximum Gasteiger partial charge on any atom is 0.155 e. The highest BCUT2D eigenvalue weighted by atomic mass is 35.5. The summed E-state index contributed by atoms with van der Waals surface area (Å²) in [5.74, 6) is 2.89. The number of ketones is 1. The number of hydrogen-bond donors (Lipinski definition) is 1. The lowest BCUT2D eigenvalue weighted by molar-refractivity contribution is -0.116. The topological polar surface area (TPSA) is 37.3 Å². The fraction of sp³-hybridized carbons (Fsp3) is 0.737. The summed E-state index contributed by atoms with van der Waals surface area (Å²) in [4.78, 5) is 11.7. The molecule has 2 nitrogen and oxygen atoms in total. The molecule has 1 N–H and O–H groups in total. The highest BCUT2D eigenvalue weighted by Gasteiger charge is 2.54. The number of fused-ring (bicyclic) bond motifs is 5. The molecule has 2 saturated carbocycles.